The van der Waals surface area contributed by atoms with Crippen LogP contribution in [-0.4, -0.2) is 9.97 Å². The first-order valence-corrected chi connectivity index (χ1v) is 19.2. The minimum atomic E-state index is 0.671. The predicted molar refractivity (Wildman–Crippen MR) is 231 cm³/mol. The molecule has 258 valence electrons. The molecule has 0 spiro atoms. The summed E-state index contributed by atoms with van der Waals surface area (Å²) in [5.41, 5.74) is 10.8. The number of benzene rings is 8. The number of hydrogen-bond donors (Lipinski definition) is 0. The summed E-state index contributed by atoms with van der Waals surface area (Å²) < 4.78 is 9.31. The fraction of sp³-hybridized carbons (Fsp3) is 0. The molecule has 55 heavy (non-hydrogen) atoms. The quantitative estimate of drug-likeness (QED) is 0.171. The highest BCUT2D eigenvalue weighted by atomic mass is 32.1. The SMILES string of the molecule is c1ccc(-c2nc(-c3ccc(-c4ccc(N(c5ccccc5)c5ccc6sc7ccccc7c6c5)cc4)c4oc5ccccc5c34)nc3ccccc23)cc1. The fourth-order valence-corrected chi connectivity index (χ4v) is 9.01. The van der Waals surface area contributed by atoms with E-state index >= 15 is 0 Å². The van der Waals surface area contributed by atoms with Crippen molar-refractivity contribution in [2.45, 2.75) is 0 Å². The molecule has 0 saturated heterocycles. The van der Waals surface area contributed by atoms with Gasteiger partial charge in [-0.3, -0.25) is 0 Å². The monoisotopic (exact) mass is 721 g/mol. The number of rotatable bonds is 6. The van der Waals surface area contributed by atoms with Crippen molar-refractivity contribution in [1.82, 2.24) is 9.97 Å². The highest BCUT2D eigenvalue weighted by Crippen LogP contribution is 2.44. The fourth-order valence-electron chi connectivity index (χ4n) is 7.92. The molecule has 0 aliphatic rings. The van der Waals surface area contributed by atoms with Gasteiger partial charge in [-0.1, -0.05) is 115 Å². The second-order valence-electron chi connectivity index (χ2n) is 13.7. The highest BCUT2D eigenvalue weighted by molar-refractivity contribution is 7.25. The third kappa shape index (κ3) is 5.28. The van der Waals surface area contributed by atoms with Gasteiger partial charge in [0.05, 0.1) is 11.2 Å². The second-order valence-corrected chi connectivity index (χ2v) is 14.8. The second kappa shape index (κ2) is 12.8. The smallest absolute Gasteiger partial charge is 0.161 e. The van der Waals surface area contributed by atoms with E-state index in [4.69, 9.17) is 14.4 Å². The Hall–Kier alpha value is -7.08. The molecule has 3 heterocycles. The highest BCUT2D eigenvalue weighted by Gasteiger charge is 2.21. The molecule has 0 N–H and O–H groups in total. The number of thiophene rings is 1. The van der Waals surface area contributed by atoms with Crippen LogP contribution in [0.4, 0.5) is 17.1 Å². The lowest BCUT2D eigenvalue weighted by Crippen LogP contribution is -2.09. The molecule has 0 unspecified atom stereocenters. The van der Waals surface area contributed by atoms with E-state index in [1.165, 1.54) is 20.2 Å². The average molecular weight is 722 g/mol. The summed E-state index contributed by atoms with van der Waals surface area (Å²) in [6, 6.07) is 66.0. The van der Waals surface area contributed by atoms with Crippen molar-refractivity contribution in [1.29, 1.82) is 0 Å². The lowest BCUT2D eigenvalue weighted by molar-refractivity contribution is 0.670. The van der Waals surface area contributed by atoms with E-state index in [0.717, 1.165) is 77.9 Å². The first-order chi connectivity index (χ1) is 27.3. The molecule has 0 atom stereocenters. The first kappa shape index (κ1) is 31.4. The lowest BCUT2D eigenvalue weighted by Gasteiger charge is -2.26. The number of anilines is 3. The zero-order valence-electron chi connectivity index (χ0n) is 29.6. The van der Waals surface area contributed by atoms with Crippen LogP contribution in [0.2, 0.25) is 0 Å². The Bertz CT molecular complexity index is 3200. The van der Waals surface area contributed by atoms with Gasteiger partial charge >= 0.3 is 0 Å². The largest absolute Gasteiger partial charge is 0.455 e. The Kier molecular flexibility index (Phi) is 7.32. The van der Waals surface area contributed by atoms with Crippen LogP contribution in [0.25, 0.3) is 86.8 Å². The van der Waals surface area contributed by atoms with Gasteiger partial charge in [-0.05, 0) is 78.4 Å². The molecule has 0 amide bonds. The van der Waals surface area contributed by atoms with Gasteiger partial charge in [0.1, 0.15) is 11.2 Å². The summed E-state index contributed by atoms with van der Waals surface area (Å²) in [4.78, 5) is 12.7. The van der Waals surface area contributed by atoms with Gasteiger partial charge < -0.3 is 9.32 Å². The minimum Gasteiger partial charge on any atom is -0.455 e. The lowest BCUT2D eigenvalue weighted by atomic mass is 9.97. The molecule has 0 fully saturated rings. The van der Waals surface area contributed by atoms with Crippen LogP contribution >= 0.6 is 11.3 Å². The van der Waals surface area contributed by atoms with Gasteiger partial charge in [0.25, 0.3) is 0 Å². The molecule has 4 nitrogen and oxygen atoms in total. The van der Waals surface area contributed by atoms with Crippen molar-refractivity contribution in [2.75, 3.05) is 4.90 Å². The van der Waals surface area contributed by atoms with E-state index in [9.17, 15) is 0 Å². The summed E-state index contributed by atoms with van der Waals surface area (Å²) in [7, 11) is 0. The average Bonchev–Trinajstić information content (AvgIpc) is 3.83. The summed E-state index contributed by atoms with van der Waals surface area (Å²) in [5.74, 6) is 0.671. The van der Waals surface area contributed by atoms with Crippen molar-refractivity contribution < 1.29 is 4.42 Å². The van der Waals surface area contributed by atoms with E-state index in [1.807, 2.05) is 41.7 Å². The molecule has 0 bridgehead atoms. The van der Waals surface area contributed by atoms with Crippen LogP contribution in [0.1, 0.15) is 0 Å². The van der Waals surface area contributed by atoms with E-state index in [0.29, 0.717) is 5.82 Å². The molecule has 11 aromatic rings. The van der Waals surface area contributed by atoms with Crippen LogP contribution in [-0.2, 0) is 0 Å². The minimum absolute atomic E-state index is 0.671. The van der Waals surface area contributed by atoms with E-state index in [1.54, 1.807) is 0 Å². The molecule has 0 saturated carbocycles. The molecule has 3 aromatic heterocycles. The Morgan fingerprint density at radius 3 is 1.91 bits per heavy atom. The van der Waals surface area contributed by atoms with Gasteiger partial charge in [0.15, 0.2) is 5.82 Å². The molecule has 0 radical (unpaired) electrons. The Morgan fingerprint density at radius 1 is 0.436 bits per heavy atom. The molecular weight excluding hydrogens is 691 g/mol. The van der Waals surface area contributed by atoms with Crippen molar-refractivity contribution in [2.24, 2.45) is 0 Å². The maximum atomic E-state index is 6.72. The molecule has 11 rings (SSSR count). The summed E-state index contributed by atoms with van der Waals surface area (Å²) in [6.07, 6.45) is 0. The number of aromatic nitrogens is 2. The Morgan fingerprint density at radius 2 is 1.07 bits per heavy atom. The van der Waals surface area contributed by atoms with E-state index < -0.39 is 0 Å². The van der Waals surface area contributed by atoms with Crippen molar-refractivity contribution in [3.05, 3.63) is 188 Å². The maximum absolute atomic E-state index is 6.72. The number of nitrogens with zero attached hydrogens (tertiary/aromatic N) is 3. The van der Waals surface area contributed by atoms with E-state index in [-0.39, 0.29) is 0 Å². The van der Waals surface area contributed by atoms with Crippen LogP contribution in [0, 0.1) is 0 Å². The molecule has 5 heteroatoms. The third-order valence-corrected chi connectivity index (χ3v) is 11.6. The predicted octanol–water partition coefficient (Wildman–Crippen LogP) is 14.4. The van der Waals surface area contributed by atoms with Crippen LogP contribution in [0.15, 0.2) is 192 Å². The van der Waals surface area contributed by atoms with Crippen molar-refractivity contribution >= 4 is 81.4 Å². The first-order valence-electron chi connectivity index (χ1n) is 18.4. The zero-order valence-corrected chi connectivity index (χ0v) is 30.4. The van der Waals surface area contributed by atoms with Gasteiger partial charge in [0, 0.05) is 70.1 Å². The summed E-state index contributed by atoms with van der Waals surface area (Å²) in [6.45, 7) is 0. The van der Waals surface area contributed by atoms with Crippen molar-refractivity contribution in [3.8, 4) is 33.8 Å². The normalized spacial score (nSPS) is 11.6. The van der Waals surface area contributed by atoms with E-state index in [2.05, 4.69) is 163 Å². The Balaban J connectivity index is 1.06. The topological polar surface area (TPSA) is 42.2 Å². The van der Waals surface area contributed by atoms with Gasteiger partial charge in [-0.2, -0.15) is 0 Å². The standard InChI is InChI=1S/C50H31N3OS/c1-3-13-33(14-4-1)48-39-18-7-10-20-43(39)51-50(52-48)41-29-28-37(49-47(41)40-19-8-11-21-44(40)54-49)32-23-25-35(26-24-32)53(34-15-5-2-6-16-34)36-27-30-46-42(31-36)38-17-9-12-22-45(38)55-46/h1-31H. The van der Waals surface area contributed by atoms with Gasteiger partial charge in [-0.15, -0.1) is 11.3 Å². The van der Waals surface area contributed by atoms with Crippen molar-refractivity contribution in [3.63, 3.8) is 0 Å². The molecule has 8 aromatic carbocycles. The van der Waals surface area contributed by atoms with Gasteiger partial charge in [0.2, 0.25) is 0 Å². The Labute approximate surface area is 321 Å². The zero-order chi connectivity index (χ0) is 36.3. The van der Waals surface area contributed by atoms with Gasteiger partial charge in [-0.25, -0.2) is 9.97 Å². The third-order valence-electron chi connectivity index (χ3n) is 10.5. The molecule has 0 aliphatic carbocycles. The maximum Gasteiger partial charge on any atom is 0.161 e. The number of para-hydroxylation sites is 3. The van der Waals surface area contributed by atoms with Crippen LogP contribution in [0.3, 0.4) is 0 Å². The molecule has 0 aliphatic heterocycles. The summed E-state index contributed by atoms with van der Waals surface area (Å²) >= 11 is 1.84. The number of fused-ring (bicyclic) bond motifs is 7. The van der Waals surface area contributed by atoms with Crippen LogP contribution < -0.4 is 4.90 Å². The number of hydrogen-bond acceptors (Lipinski definition) is 5. The molecular formula is C50H31N3OS. The number of furan rings is 1. The summed E-state index contributed by atoms with van der Waals surface area (Å²) in [5, 5.41) is 5.63. The van der Waals surface area contributed by atoms with Crippen LogP contribution in [0.5, 0.6) is 0 Å².